The number of hydrogen-bond acceptors (Lipinski definition) is 4. The van der Waals surface area contributed by atoms with Crippen LogP contribution in [0.3, 0.4) is 0 Å². The van der Waals surface area contributed by atoms with E-state index in [-0.39, 0.29) is 22.6 Å². The Labute approximate surface area is 188 Å². The van der Waals surface area contributed by atoms with Crippen LogP contribution in [0.25, 0.3) is 6.08 Å². The maximum atomic E-state index is 13.0. The van der Waals surface area contributed by atoms with Crippen LogP contribution in [0.2, 0.25) is 0 Å². The minimum Gasteiger partial charge on any atom is -0.367 e. The van der Waals surface area contributed by atoms with Gasteiger partial charge in [-0.05, 0) is 73.3 Å². The Balaban J connectivity index is 1.61. The molecule has 160 valence electrons. The minimum absolute atomic E-state index is 0.0703. The van der Waals surface area contributed by atoms with E-state index in [1.165, 1.54) is 21.7 Å². The summed E-state index contributed by atoms with van der Waals surface area (Å²) in [6.45, 7) is 5.81. The Morgan fingerprint density at radius 2 is 1.94 bits per heavy atom. The molecule has 2 aliphatic heterocycles. The topological polar surface area (TPSA) is 52.7 Å². The van der Waals surface area contributed by atoms with Gasteiger partial charge in [0, 0.05) is 24.8 Å². The molecular formula is C25H27N3O2S. The van der Waals surface area contributed by atoms with Crippen molar-refractivity contribution in [3.63, 3.8) is 0 Å². The number of carbonyl (C=O) groups excluding carboxylic acids is 2. The number of nitrogens with one attached hydrogen (secondary N) is 1. The largest absolute Gasteiger partial charge is 0.367 e. The van der Waals surface area contributed by atoms with E-state index < -0.39 is 5.91 Å². The predicted octanol–water partition coefficient (Wildman–Crippen LogP) is 4.06. The van der Waals surface area contributed by atoms with Crippen LogP contribution in [-0.4, -0.2) is 34.4 Å². The van der Waals surface area contributed by atoms with Gasteiger partial charge in [-0.2, -0.15) is 0 Å². The third-order valence-electron chi connectivity index (χ3n) is 6.01. The number of fused-ring (bicyclic) bond motifs is 1. The van der Waals surface area contributed by atoms with Crippen LogP contribution in [0, 0.1) is 0 Å². The number of hydrogen-bond donors (Lipinski definition) is 1. The average Bonchev–Trinajstić information content (AvgIpc) is 2.77. The molecule has 2 aliphatic rings. The molecule has 2 aromatic carbocycles. The number of amides is 2. The first kappa shape index (κ1) is 21.2. The van der Waals surface area contributed by atoms with Gasteiger partial charge in [-0.3, -0.25) is 19.8 Å². The lowest BCUT2D eigenvalue weighted by Gasteiger charge is -2.33. The molecule has 5 nitrogen and oxygen atoms in total. The van der Waals surface area contributed by atoms with E-state index in [2.05, 4.69) is 46.6 Å². The molecule has 2 amide bonds. The summed E-state index contributed by atoms with van der Waals surface area (Å²) in [5.41, 5.74) is 4.74. The third-order valence-corrected chi connectivity index (χ3v) is 6.31. The molecule has 0 aliphatic carbocycles. The molecule has 0 radical (unpaired) electrons. The van der Waals surface area contributed by atoms with Crippen LogP contribution >= 0.6 is 12.2 Å². The average molecular weight is 434 g/mol. The molecule has 0 unspecified atom stereocenters. The summed E-state index contributed by atoms with van der Waals surface area (Å²) >= 11 is 5.23. The minimum atomic E-state index is -0.432. The van der Waals surface area contributed by atoms with Crippen molar-refractivity contribution in [1.29, 1.82) is 0 Å². The molecule has 0 spiro atoms. The van der Waals surface area contributed by atoms with Crippen LogP contribution in [0.15, 0.2) is 54.1 Å². The summed E-state index contributed by atoms with van der Waals surface area (Å²) in [5, 5.41) is 2.85. The van der Waals surface area contributed by atoms with Crippen molar-refractivity contribution in [2.24, 2.45) is 0 Å². The number of thiocarbonyl (C=S) groups is 1. The first-order valence-electron chi connectivity index (χ1n) is 10.8. The zero-order valence-corrected chi connectivity index (χ0v) is 18.7. The Hall–Kier alpha value is -2.99. The SMILES string of the molecule is CC[C@H](C)N1C(=O)/C(=C/c2ccc3c(c2)CCCN3Cc2ccccc2)C(=O)NC1=S. The van der Waals surface area contributed by atoms with Crippen LogP contribution < -0.4 is 10.2 Å². The van der Waals surface area contributed by atoms with Crippen molar-refractivity contribution in [3.8, 4) is 0 Å². The van der Waals surface area contributed by atoms with E-state index >= 15 is 0 Å². The second-order valence-electron chi connectivity index (χ2n) is 8.15. The molecule has 2 heterocycles. The molecule has 4 rings (SSSR count). The maximum absolute atomic E-state index is 13.0. The molecule has 31 heavy (non-hydrogen) atoms. The number of carbonyl (C=O) groups is 2. The van der Waals surface area contributed by atoms with Gasteiger partial charge in [-0.15, -0.1) is 0 Å². The van der Waals surface area contributed by atoms with Crippen molar-refractivity contribution in [3.05, 3.63) is 70.8 Å². The van der Waals surface area contributed by atoms with Gasteiger partial charge >= 0.3 is 0 Å². The number of nitrogens with zero attached hydrogens (tertiary/aromatic N) is 2. The standard InChI is InChI=1S/C25H27N3O2S/c1-3-17(2)28-24(30)21(23(29)26-25(28)31)15-19-11-12-22-20(14-19)10-7-13-27(22)16-18-8-5-4-6-9-18/h4-6,8-9,11-12,14-15,17H,3,7,10,13,16H2,1-2H3,(H,26,29,31)/b21-15+/t17-/m0/s1. The summed E-state index contributed by atoms with van der Waals surface area (Å²) in [4.78, 5) is 29.4. The molecular weight excluding hydrogens is 406 g/mol. The zero-order valence-electron chi connectivity index (χ0n) is 17.9. The van der Waals surface area contributed by atoms with E-state index in [1.54, 1.807) is 6.08 Å². The number of anilines is 1. The van der Waals surface area contributed by atoms with Crippen molar-refractivity contribution < 1.29 is 9.59 Å². The van der Waals surface area contributed by atoms with Crippen molar-refractivity contribution >= 4 is 40.9 Å². The number of aryl methyl sites for hydroxylation is 1. The number of benzene rings is 2. The summed E-state index contributed by atoms with van der Waals surface area (Å²) < 4.78 is 0. The van der Waals surface area contributed by atoms with E-state index in [0.717, 1.165) is 37.9 Å². The molecule has 1 N–H and O–H groups in total. The van der Waals surface area contributed by atoms with Gasteiger partial charge in [0.2, 0.25) is 0 Å². The normalized spacial score (nSPS) is 18.8. The van der Waals surface area contributed by atoms with Gasteiger partial charge in [-0.1, -0.05) is 43.3 Å². The highest BCUT2D eigenvalue weighted by atomic mass is 32.1. The zero-order chi connectivity index (χ0) is 22.0. The first-order valence-corrected chi connectivity index (χ1v) is 11.2. The van der Waals surface area contributed by atoms with Gasteiger partial charge in [0.1, 0.15) is 5.57 Å². The van der Waals surface area contributed by atoms with E-state index in [0.29, 0.717) is 0 Å². The quantitative estimate of drug-likeness (QED) is 0.439. The smallest absolute Gasteiger partial charge is 0.265 e. The van der Waals surface area contributed by atoms with Gasteiger partial charge in [-0.25, -0.2) is 0 Å². The van der Waals surface area contributed by atoms with Gasteiger partial charge < -0.3 is 4.90 Å². The van der Waals surface area contributed by atoms with Gasteiger partial charge in [0.05, 0.1) is 0 Å². The van der Waals surface area contributed by atoms with E-state index in [1.807, 2.05) is 26.0 Å². The maximum Gasteiger partial charge on any atom is 0.265 e. The summed E-state index contributed by atoms with van der Waals surface area (Å²) in [5.74, 6) is -0.760. The second kappa shape index (κ2) is 9.02. The lowest BCUT2D eigenvalue weighted by atomic mass is 9.97. The fourth-order valence-electron chi connectivity index (χ4n) is 4.17. The van der Waals surface area contributed by atoms with Crippen LogP contribution in [0.1, 0.15) is 43.4 Å². The van der Waals surface area contributed by atoms with Crippen molar-refractivity contribution in [2.45, 2.75) is 45.7 Å². The highest BCUT2D eigenvalue weighted by molar-refractivity contribution is 7.80. The van der Waals surface area contributed by atoms with Gasteiger partial charge in [0.15, 0.2) is 5.11 Å². The fourth-order valence-corrected chi connectivity index (χ4v) is 4.53. The fraction of sp³-hybridized carbons (Fsp3) is 0.320. The van der Waals surface area contributed by atoms with E-state index in [4.69, 9.17) is 12.2 Å². The third kappa shape index (κ3) is 4.39. The first-order chi connectivity index (χ1) is 15.0. The number of rotatable bonds is 5. The molecule has 1 fully saturated rings. The van der Waals surface area contributed by atoms with E-state index in [9.17, 15) is 9.59 Å². The summed E-state index contributed by atoms with van der Waals surface area (Å²) in [6, 6.07) is 16.6. The highest BCUT2D eigenvalue weighted by Crippen LogP contribution is 2.30. The Kier molecular flexibility index (Phi) is 6.18. The molecule has 0 bridgehead atoms. The van der Waals surface area contributed by atoms with Crippen LogP contribution in [0.5, 0.6) is 0 Å². The lowest BCUT2D eigenvalue weighted by molar-refractivity contribution is -0.130. The van der Waals surface area contributed by atoms with Crippen LogP contribution in [0.4, 0.5) is 5.69 Å². The van der Waals surface area contributed by atoms with Crippen LogP contribution in [-0.2, 0) is 22.6 Å². The molecule has 1 saturated heterocycles. The molecule has 1 atom stereocenters. The van der Waals surface area contributed by atoms with Crippen molar-refractivity contribution in [2.75, 3.05) is 11.4 Å². The lowest BCUT2D eigenvalue weighted by Crippen LogP contribution is -2.56. The predicted molar refractivity (Wildman–Crippen MR) is 128 cm³/mol. The van der Waals surface area contributed by atoms with Gasteiger partial charge in [0.25, 0.3) is 11.8 Å². The molecule has 0 saturated carbocycles. The highest BCUT2D eigenvalue weighted by Gasteiger charge is 2.35. The second-order valence-corrected chi connectivity index (χ2v) is 8.54. The Morgan fingerprint density at radius 3 is 2.68 bits per heavy atom. The monoisotopic (exact) mass is 433 g/mol. The molecule has 2 aromatic rings. The van der Waals surface area contributed by atoms with Crippen molar-refractivity contribution in [1.82, 2.24) is 10.2 Å². The Morgan fingerprint density at radius 1 is 1.16 bits per heavy atom. The summed E-state index contributed by atoms with van der Waals surface area (Å²) in [7, 11) is 0. The Bertz CT molecular complexity index is 1050. The molecule has 6 heteroatoms. The molecule has 0 aromatic heterocycles. The summed E-state index contributed by atoms with van der Waals surface area (Å²) in [6.07, 6.45) is 4.51.